The Balaban J connectivity index is 2.20. The topological polar surface area (TPSA) is 61.6 Å². The zero-order chi connectivity index (χ0) is 11.1. The smallest absolute Gasteiger partial charge is 0.310 e. The van der Waals surface area contributed by atoms with Gasteiger partial charge in [-0.3, -0.25) is 4.79 Å². The van der Waals surface area contributed by atoms with E-state index in [4.69, 9.17) is 15.2 Å². The Hall–Kier alpha value is -0.610. The number of carbonyl (C=O) groups excluding carboxylic acids is 1. The van der Waals surface area contributed by atoms with E-state index in [1.54, 1.807) is 0 Å². The molecule has 0 saturated carbocycles. The van der Waals surface area contributed by atoms with Crippen molar-refractivity contribution in [3.05, 3.63) is 0 Å². The Morgan fingerprint density at radius 1 is 1.60 bits per heavy atom. The molecule has 0 radical (unpaired) electrons. The maximum absolute atomic E-state index is 11.5. The number of rotatable bonds is 5. The van der Waals surface area contributed by atoms with Crippen molar-refractivity contribution in [1.29, 1.82) is 0 Å². The van der Waals surface area contributed by atoms with Crippen molar-refractivity contribution < 1.29 is 14.3 Å². The summed E-state index contributed by atoms with van der Waals surface area (Å²) in [6.45, 7) is 3.47. The van der Waals surface area contributed by atoms with Crippen LogP contribution in [0.3, 0.4) is 0 Å². The van der Waals surface area contributed by atoms with Gasteiger partial charge in [0.1, 0.15) is 6.61 Å². The highest BCUT2D eigenvalue weighted by Gasteiger charge is 2.20. The fraction of sp³-hybridized carbons (Fsp3) is 0.909. The second kappa shape index (κ2) is 6.80. The van der Waals surface area contributed by atoms with Crippen LogP contribution in [-0.4, -0.2) is 31.8 Å². The molecule has 1 heterocycles. The van der Waals surface area contributed by atoms with Crippen LogP contribution in [0, 0.1) is 5.92 Å². The molecule has 4 nitrogen and oxygen atoms in total. The van der Waals surface area contributed by atoms with Gasteiger partial charge in [0.15, 0.2) is 0 Å². The van der Waals surface area contributed by atoms with Gasteiger partial charge in [-0.2, -0.15) is 0 Å². The van der Waals surface area contributed by atoms with Gasteiger partial charge < -0.3 is 15.2 Å². The number of hydrogen-bond acceptors (Lipinski definition) is 4. The van der Waals surface area contributed by atoms with Gasteiger partial charge in [0.2, 0.25) is 0 Å². The second-order valence-corrected chi connectivity index (χ2v) is 3.96. The van der Waals surface area contributed by atoms with Crippen LogP contribution in [0.25, 0.3) is 0 Å². The van der Waals surface area contributed by atoms with Crippen LogP contribution < -0.4 is 5.73 Å². The van der Waals surface area contributed by atoms with Gasteiger partial charge in [0, 0.05) is 13.2 Å². The van der Waals surface area contributed by atoms with Gasteiger partial charge in [-0.1, -0.05) is 6.92 Å². The van der Waals surface area contributed by atoms with E-state index < -0.39 is 0 Å². The summed E-state index contributed by atoms with van der Waals surface area (Å²) in [5, 5.41) is 0. The monoisotopic (exact) mass is 215 g/mol. The summed E-state index contributed by atoms with van der Waals surface area (Å²) in [4.78, 5) is 11.5. The number of carbonyl (C=O) groups is 1. The first-order valence-electron chi connectivity index (χ1n) is 5.76. The summed E-state index contributed by atoms with van der Waals surface area (Å²) in [6.07, 6.45) is 4.10. The minimum absolute atomic E-state index is 0.0954. The molecule has 0 spiro atoms. The fourth-order valence-electron chi connectivity index (χ4n) is 1.66. The van der Waals surface area contributed by atoms with Crippen LogP contribution in [0.1, 0.15) is 32.6 Å². The quantitative estimate of drug-likeness (QED) is 0.697. The molecule has 0 bridgehead atoms. The first kappa shape index (κ1) is 12.5. The zero-order valence-electron chi connectivity index (χ0n) is 9.41. The van der Waals surface area contributed by atoms with Crippen molar-refractivity contribution in [3.63, 3.8) is 0 Å². The lowest BCUT2D eigenvalue weighted by Crippen LogP contribution is -2.30. The molecule has 15 heavy (non-hydrogen) atoms. The molecule has 88 valence electrons. The maximum atomic E-state index is 11.5. The Bertz CT molecular complexity index is 186. The van der Waals surface area contributed by atoms with Crippen molar-refractivity contribution in [2.45, 2.75) is 38.7 Å². The van der Waals surface area contributed by atoms with E-state index in [9.17, 15) is 4.79 Å². The molecular weight excluding hydrogens is 194 g/mol. The molecule has 2 N–H and O–H groups in total. The normalized spacial score (nSPS) is 23.5. The van der Waals surface area contributed by atoms with Gasteiger partial charge in [-0.05, 0) is 25.7 Å². The Kier molecular flexibility index (Phi) is 5.65. The number of esters is 1. The predicted molar refractivity (Wildman–Crippen MR) is 57.4 cm³/mol. The zero-order valence-corrected chi connectivity index (χ0v) is 9.41. The standard InChI is InChI=1S/C11H21NO3/c1-2-9(7-12)11(13)15-8-10-5-3-4-6-14-10/h9-10H,2-8,12H2,1H3. The lowest BCUT2D eigenvalue weighted by molar-refractivity contribution is -0.153. The van der Waals surface area contributed by atoms with Crippen LogP contribution in [0.4, 0.5) is 0 Å². The first-order valence-corrected chi connectivity index (χ1v) is 5.76. The highest BCUT2D eigenvalue weighted by atomic mass is 16.6. The lowest BCUT2D eigenvalue weighted by atomic mass is 10.1. The van der Waals surface area contributed by atoms with Crippen molar-refractivity contribution in [1.82, 2.24) is 0 Å². The molecule has 0 aromatic carbocycles. The molecule has 1 aliphatic rings. The van der Waals surface area contributed by atoms with E-state index in [1.165, 1.54) is 0 Å². The van der Waals surface area contributed by atoms with E-state index in [2.05, 4.69) is 0 Å². The molecule has 0 amide bonds. The van der Waals surface area contributed by atoms with Crippen molar-refractivity contribution in [2.24, 2.45) is 11.7 Å². The first-order chi connectivity index (χ1) is 7.27. The van der Waals surface area contributed by atoms with E-state index >= 15 is 0 Å². The van der Waals surface area contributed by atoms with E-state index in [1.807, 2.05) is 6.92 Å². The van der Waals surface area contributed by atoms with Gasteiger partial charge in [-0.15, -0.1) is 0 Å². The van der Waals surface area contributed by atoms with E-state index in [0.29, 0.717) is 13.2 Å². The molecule has 2 atom stereocenters. The number of ether oxygens (including phenoxy) is 2. The molecule has 0 aromatic heterocycles. The second-order valence-electron chi connectivity index (χ2n) is 3.96. The largest absolute Gasteiger partial charge is 0.463 e. The Morgan fingerprint density at radius 2 is 2.40 bits per heavy atom. The third-order valence-electron chi connectivity index (χ3n) is 2.80. The fourth-order valence-corrected chi connectivity index (χ4v) is 1.66. The van der Waals surface area contributed by atoms with Crippen molar-refractivity contribution in [3.8, 4) is 0 Å². The molecule has 1 saturated heterocycles. The van der Waals surface area contributed by atoms with Crippen LogP contribution in [-0.2, 0) is 14.3 Å². The lowest BCUT2D eigenvalue weighted by Gasteiger charge is -2.23. The van der Waals surface area contributed by atoms with E-state index in [0.717, 1.165) is 32.3 Å². The molecular formula is C11H21NO3. The SMILES string of the molecule is CCC(CN)C(=O)OCC1CCCCO1. The Labute approximate surface area is 91.1 Å². The van der Waals surface area contributed by atoms with E-state index in [-0.39, 0.29) is 18.0 Å². The minimum atomic E-state index is -0.186. The maximum Gasteiger partial charge on any atom is 0.310 e. The van der Waals surface area contributed by atoms with Gasteiger partial charge in [0.05, 0.1) is 12.0 Å². The van der Waals surface area contributed by atoms with Gasteiger partial charge in [0.25, 0.3) is 0 Å². The summed E-state index contributed by atoms with van der Waals surface area (Å²) >= 11 is 0. The average Bonchev–Trinajstić information content (AvgIpc) is 2.29. The number of hydrogen-bond donors (Lipinski definition) is 1. The molecule has 2 unspecified atom stereocenters. The summed E-state index contributed by atoms with van der Waals surface area (Å²) < 4.78 is 10.6. The Morgan fingerprint density at radius 3 is 2.93 bits per heavy atom. The summed E-state index contributed by atoms with van der Waals surface area (Å²) in [5.74, 6) is -0.345. The van der Waals surface area contributed by atoms with Crippen LogP contribution in [0.5, 0.6) is 0 Å². The van der Waals surface area contributed by atoms with Crippen molar-refractivity contribution in [2.75, 3.05) is 19.8 Å². The molecule has 1 rings (SSSR count). The summed E-state index contributed by atoms with van der Waals surface area (Å²) in [7, 11) is 0. The van der Waals surface area contributed by atoms with Gasteiger partial charge >= 0.3 is 5.97 Å². The summed E-state index contributed by atoms with van der Waals surface area (Å²) in [5.41, 5.74) is 5.46. The molecule has 4 heteroatoms. The predicted octanol–water partition coefficient (Wildman–Crippen LogP) is 1.08. The summed E-state index contributed by atoms with van der Waals surface area (Å²) in [6, 6.07) is 0. The average molecular weight is 215 g/mol. The highest BCUT2D eigenvalue weighted by Crippen LogP contribution is 2.13. The number of nitrogens with two attached hydrogens (primary N) is 1. The third-order valence-corrected chi connectivity index (χ3v) is 2.80. The van der Waals surface area contributed by atoms with Crippen LogP contribution >= 0.6 is 0 Å². The van der Waals surface area contributed by atoms with Crippen molar-refractivity contribution >= 4 is 5.97 Å². The molecule has 1 aliphatic heterocycles. The highest BCUT2D eigenvalue weighted by molar-refractivity contribution is 5.72. The molecule has 0 aliphatic carbocycles. The molecule has 0 aromatic rings. The minimum Gasteiger partial charge on any atom is -0.463 e. The van der Waals surface area contributed by atoms with Gasteiger partial charge in [-0.25, -0.2) is 0 Å². The van der Waals surface area contributed by atoms with Crippen LogP contribution in [0.15, 0.2) is 0 Å². The molecule has 1 fully saturated rings. The third kappa shape index (κ3) is 4.18. The van der Waals surface area contributed by atoms with Crippen LogP contribution in [0.2, 0.25) is 0 Å².